The van der Waals surface area contributed by atoms with Crippen molar-refractivity contribution < 1.29 is 0 Å². The Morgan fingerprint density at radius 3 is 2.71 bits per heavy atom. The Morgan fingerprint density at radius 2 is 2.00 bits per heavy atom. The number of nitrogens with zero attached hydrogens (tertiary/aromatic N) is 1. The van der Waals surface area contributed by atoms with Crippen LogP contribution >= 0.6 is 11.6 Å². The summed E-state index contributed by atoms with van der Waals surface area (Å²) in [5, 5.41) is 11.0. The van der Waals surface area contributed by atoms with Crippen molar-refractivity contribution in [2.45, 2.75) is 5.88 Å². The van der Waals surface area contributed by atoms with Crippen LogP contribution in [0.2, 0.25) is 0 Å². The first kappa shape index (κ1) is 9.05. The van der Waals surface area contributed by atoms with Gasteiger partial charge in [-0.2, -0.15) is 5.26 Å². The van der Waals surface area contributed by atoms with Crippen molar-refractivity contribution in [1.82, 2.24) is 0 Å². The summed E-state index contributed by atoms with van der Waals surface area (Å²) in [5.74, 6) is 0.444. The number of alkyl halides is 1. The molecule has 0 fully saturated rings. The Morgan fingerprint density at radius 1 is 1.21 bits per heavy atom. The molecule has 14 heavy (non-hydrogen) atoms. The predicted octanol–water partition coefficient (Wildman–Crippen LogP) is 3.45. The molecule has 0 saturated carbocycles. The van der Waals surface area contributed by atoms with Crippen LogP contribution in [0.15, 0.2) is 36.4 Å². The number of hydrogen-bond acceptors (Lipinski definition) is 1. The van der Waals surface area contributed by atoms with Gasteiger partial charge in [0.2, 0.25) is 0 Å². The molecular formula is C12H8ClN. The van der Waals surface area contributed by atoms with Gasteiger partial charge in [-0.1, -0.05) is 24.3 Å². The summed E-state index contributed by atoms with van der Waals surface area (Å²) in [6, 6.07) is 13.9. The van der Waals surface area contributed by atoms with Crippen molar-refractivity contribution in [3.63, 3.8) is 0 Å². The number of halogens is 1. The zero-order valence-electron chi connectivity index (χ0n) is 7.50. The van der Waals surface area contributed by atoms with E-state index in [9.17, 15) is 0 Å². The smallest absolute Gasteiger partial charge is 0.0998 e. The molecule has 0 bridgehead atoms. The third-order valence-corrected chi connectivity index (χ3v) is 2.50. The van der Waals surface area contributed by atoms with Crippen molar-refractivity contribution >= 4 is 22.4 Å². The zero-order valence-corrected chi connectivity index (χ0v) is 8.25. The molecule has 2 aromatic carbocycles. The lowest BCUT2D eigenvalue weighted by molar-refractivity contribution is 1.40. The highest BCUT2D eigenvalue weighted by atomic mass is 35.5. The number of nitriles is 1. The monoisotopic (exact) mass is 201 g/mol. The molecule has 0 atom stereocenters. The first-order chi connectivity index (χ1) is 6.85. The van der Waals surface area contributed by atoms with Gasteiger partial charge < -0.3 is 0 Å². The van der Waals surface area contributed by atoms with E-state index in [1.54, 1.807) is 0 Å². The lowest BCUT2D eigenvalue weighted by atomic mass is 10.0. The summed E-state index contributed by atoms with van der Waals surface area (Å²) in [6.07, 6.45) is 0. The molecule has 2 rings (SSSR count). The Balaban J connectivity index is 2.82. The van der Waals surface area contributed by atoms with Crippen molar-refractivity contribution in [1.29, 1.82) is 5.26 Å². The van der Waals surface area contributed by atoms with Crippen molar-refractivity contribution in [2.75, 3.05) is 0 Å². The molecule has 0 amide bonds. The molecule has 2 aromatic rings. The van der Waals surface area contributed by atoms with E-state index in [1.807, 2.05) is 36.4 Å². The predicted molar refractivity (Wildman–Crippen MR) is 58.2 cm³/mol. The maximum absolute atomic E-state index is 8.96. The highest BCUT2D eigenvalue weighted by molar-refractivity contribution is 6.17. The molecule has 0 saturated heterocycles. The Labute approximate surface area is 87.5 Å². The minimum Gasteiger partial charge on any atom is -0.192 e. The molecule has 0 spiro atoms. The van der Waals surface area contributed by atoms with Crippen LogP contribution in [0.4, 0.5) is 0 Å². The highest BCUT2D eigenvalue weighted by Crippen LogP contribution is 2.21. The summed E-state index contributed by atoms with van der Waals surface area (Å²) in [6.45, 7) is 0. The van der Waals surface area contributed by atoms with Crippen LogP contribution in [0, 0.1) is 11.3 Å². The molecule has 68 valence electrons. The quantitative estimate of drug-likeness (QED) is 0.649. The maximum atomic E-state index is 8.96. The molecule has 0 heterocycles. The van der Waals surface area contributed by atoms with E-state index in [0.29, 0.717) is 11.4 Å². The van der Waals surface area contributed by atoms with Gasteiger partial charge in [0.1, 0.15) is 0 Å². The molecular weight excluding hydrogens is 194 g/mol. The topological polar surface area (TPSA) is 23.8 Å². The summed E-state index contributed by atoms with van der Waals surface area (Å²) < 4.78 is 0. The van der Waals surface area contributed by atoms with E-state index in [1.165, 1.54) is 0 Å². The van der Waals surface area contributed by atoms with Gasteiger partial charge in [-0.3, -0.25) is 0 Å². The van der Waals surface area contributed by atoms with Gasteiger partial charge >= 0.3 is 0 Å². The second-order valence-electron chi connectivity index (χ2n) is 3.11. The molecule has 0 unspecified atom stereocenters. The van der Waals surface area contributed by atoms with Gasteiger partial charge in [0.25, 0.3) is 0 Å². The van der Waals surface area contributed by atoms with E-state index in [2.05, 4.69) is 6.07 Å². The SMILES string of the molecule is N#Cc1cc(CCl)cc2ccccc12. The van der Waals surface area contributed by atoms with Crippen LogP contribution < -0.4 is 0 Å². The van der Waals surface area contributed by atoms with Gasteiger partial charge in [-0.05, 0) is 28.5 Å². The molecule has 1 nitrogen and oxygen atoms in total. The largest absolute Gasteiger partial charge is 0.192 e. The van der Waals surface area contributed by atoms with E-state index in [4.69, 9.17) is 16.9 Å². The van der Waals surface area contributed by atoms with Gasteiger partial charge in [0.05, 0.1) is 11.6 Å². The fourth-order valence-corrected chi connectivity index (χ4v) is 1.70. The average molecular weight is 202 g/mol. The Hall–Kier alpha value is -1.52. The van der Waals surface area contributed by atoms with E-state index in [-0.39, 0.29) is 0 Å². The normalized spacial score (nSPS) is 10.0. The van der Waals surface area contributed by atoms with Crippen molar-refractivity contribution in [3.8, 4) is 6.07 Å². The first-order valence-corrected chi connectivity index (χ1v) is 4.86. The van der Waals surface area contributed by atoms with Crippen LogP contribution in [0.3, 0.4) is 0 Å². The summed E-state index contributed by atoms with van der Waals surface area (Å²) in [4.78, 5) is 0. The molecule has 0 aliphatic carbocycles. The van der Waals surface area contributed by atoms with Crippen LogP contribution in [-0.4, -0.2) is 0 Å². The third-order valence-electron chi connectivity index (χ3n) is 2.20. The first-order valence-electron chi connectivity index (χ1n) is 4.33. The second kappa shape index (κ2) is 3.69. The fourth-order valence-electron chi connectivity index (χ4n) is 1.54. The molecule has 0 aliphatic heterocycles. The third kappa shape index (κ3) is 1.45. The average Bonchev–Trinajstić information content (AvgIpc) is 2.27. The van der Waals surface area contributed by atoms with Crippen LogP contribution in [0.25, 0.3) is 10.8 Å². The van der Waals surface area contributed by atoms with Gasteiger partial charge in [0, 0.05) is 5.88 Å². The van der Waals surface area contributed by atoms with E-state index < -0.39 is 0 Å². The number of fused-ring (bicyclic) bond motifs is 1. The summed E-state index contributed by atoms with van der Waals surface area (Å²) in [5.41, 5.74) is 1.68. The van der Waals surface area contributed by atoms with Crippen molar-refractivity contribution in [2.24, 2.45) is 0 Å². The maximum Gasteiger partial charge on any atom is 0.0998 e. The second-order valence-corrected chi connectivity index (χ2v) is 3.38. The van der Waals surface area contributed by atoms with Gasteiger partial charge in [-0.25, -0.2) is 0 Å². The van der Waals surface area contributed by atoms with Crippen LogP contribution in [-0.2, 0) is 5.88 Å². The van der Waals surface area contributed by atoms with Crippen LogP contribution in [0.1, 0.15) is 11.1 Å². The van der Waals surface area contributed by atoms with Crippen LogP contribution in [0.5, 0.6) is 0 Å². The molecule has 2 heteroatoms. The lowest BCUT2D eigenvalue weighted by Gasteiger charge is -2.02. The lowest BCUT2D eigenvalue weighted by Crippen LogP contribution is -1.84. The molecule has 0 aliphatic rings. The van der Waals surface area contributed by atoms with Gasteiger partial charge in [-0.15, -0.1) is 11.6 Å². The molecule has 0 radical (unpaired) electrons. The van der Waals surface area contributed by atoms with Gasteiger partial charge in [0.15, 0.2) is 0 Å². The highest BCUT2D eigenvalue weighted by Gasteiger charge is 2.01. The Kier molecular flexibility index (Phi) is 2.39. The number of hydrogen-bond donors (Lipinski definition) is 0. The number of rotatable bonds is 1. The fraction of sp³-hybridized carbons (Fsp3) is 0.0833. The minimum atomic E-state index is 0.444. The molecule has 0 aromatic heterocycles. The molecule has 0 N–H and O–H groups in total. The van der Waals surface area contributed by atoms with E-state index >= 15 is 0 Å². The zero-order chi connectivity index (χ0) is 9.97. The summed E-state index contributed by atoms with van der Waals surface area (Å²) in [7, 11) is 0. The Bertz CT molecular complexity index is 511. The standard InChI is InChI=1S/C12H8ClN/c13-7-9-5-10-3-1-2-4-12(10)11(6-9)8-14/h1-6H,7H2. The minimum absolute atomic E-state index is 0.444. The number of benzene rings is 2. The van der Waals surface area contributed by atoms with E-state index in [0.717, 1.165) is 16.3 Å². The summed E-state index contributed by atoms with van der Waals surface area (Å²) >= 11 is 5.75. The van der Waals surface area contributed by atoms with Crippen molar-refractivity contribution in [3.05, 3.63) is 47.5 Å².